The predicted octanol–water partition coefficient (Wildman–Crippen LogP) is 5.15. The molecule has 6 heteroatoms. The molecule has 1 N–H and O–H groups in total. The number of rotatable bonds is 8. The summed E-state index contributed by atoms with van der Waals surface area (Å²) in [6.45, 7) is 12.7. The van der Waals surface area contributed by atoms with Gasteiger partial charge in [0.1, 0.15) is 5.15 Å². The van der Waals surface area contributed by atoms with Crippen molar-refractivity contribution in [3.05, 3.63) is 23.0 Å². The van der Waals surface area contributed by atoms with Crippen molar-refractivity contribution in [3.8, 4) is 0 Å². The molecular weight excluding hydrogens is 340 g/mol. The molecule has 0 amide bonds. The number of Topliss-reactive ketones (excluding diaryl/α,β-unsaturated/α-hetero) is 1. The average Bonchev–Trinajstić information content (AvgIpc) is 3.29. The molecule has 0 saturated heterocycles. The zero-order valence-corrected chi connectivity index (χ0v) is 17.2. The number of nitrogens with zero attached hydrogens (tertiary/aromatic N) is 1. The summed E-state index contributed by atoms with van der Waals surface area (Å²) < 4.78 is 6.18. The molecule has 0 aromatic carbocycles. The van der Waals surface area contributed by atoms with Gasteiger partial charge in [0.25, 0.3) is 0 Å². The lowest BCUT2D eigenvalue weighted by atomic mass is 10.1. The Kier molecular flexibility index (Phi) is 6.10. The van der Waals surface area contributed by atoms with Gasteiger partial charge in [0.15, 0.2) is 14.1 Å². The van der Waals surface area contributed by atoms with Crippen LogP contribution in [0.15, 0.2) is 12.3 Å². The van der Waals surface area contributed by atoms with Gasteiger partial charge >= 0.3 is 0 Å². The standard InChI is InChI=1S/C18H29ClN2O2Si/c1-18(2,3)24(4,5)23-10-6-9-20-15-11-16(19)21-12-14(15)17(22)13-7-8-13/h11-13H,6-10H2,1-5H3,(H,20,21). The maximum absolute atomic E-state index is 12.3. The van der Waals surface area contributed by atoms with Gasteiger partial charge in [0.2, 0.25) is 0 Å². The number of aromatic nitrogens is 1. The van der Waals surface area contributed by atoms with Crippen LogP contribution in [0.1, 0.15) is 50.4 Å². The van der Waals surface area contributed by atoms with Crippen LogP contribution in [-0.4, -0.2) is 32.2 Å². The van der Waals surface area contributed by atoms with Gasteiger partial charge < -0.3 is 9.74 Å². The fourth-order valence-corrected chi connectivity index (χ4v) is 3.42. The zero-order valence-electron chi connectivity index (χ0n) is 15.4. The zero-order chi connectivity index (χ0) is 18.0. The van der Waals surface area contributed by atoms with Gasteiger partial charge in [-0.15, -0.1) is 0 Å². The summed E-state index contributed by atoms with van der Waals surface area (Å²) in [5.41, 5.74) is 1.45. The quantitative estimate of drug-likeness (QED) is 0.298. The smallest absolute Gasteiger partial charge is 0.191 e. The molecule has 1 aliphatic carbocycles. The third-order valence-electron chi connectivity index (χ3n) is 4.99. The summed E-state index contributed by atoms with van der Waals surface area (Å²) in [5, 5.41) is 3.96. The van der Waals surface area contributed by atoms with Crippen LogP contribution in [0, 0.1) is 5.92 Å². The molecule has 0 atom stereocenters. The van der Waals surface area contributed by atoms with Crippen LogP contribution in [0.5, 0.6) is 0 Å². The van der Waals surface area contributed by atoms with Crippen molar-refractivity contribution >= 4 is 31.4 Å². The van der Waals surface area contributed by atoms with Crippen LogP contribution >= 0.6 is 11.6 Å². The third-order valence-corrected chi connectivity index (χ3v) is 9.73. The molecule has 1 heterocycles. The molecule has 24 heavy (non-hydrogen) atoms. The van der Waals surface area contributed by atoms with E-state index in [1.165, 1.54) is 0 Å². The molecular formula is C18H29ClN2O2Si. The topological polar surface area (TPSA) is 51.2 Å². The number of halogens is 1. The molecule has 1 aliphatic rings. The number of pyridine rings is 1. The second-order valence-electron chi connectivity index (χ2n) is 8.08. The highest BCUT2D eigenvalue weighted by atomic mass is 35.5. The molecule has 0 spiro atoms. The Balaban J connectivity index is 1.86. The molecule has 1 saturated carbocycles. The Hall–Kier alpha value is -0.913. The predicted molar refractivity (Wildman–Crippen MR) is 103 cm³/mol. The van der Waals surface area contributed by atoms with Crippen molar-refractivity contribution in [1.29, 1.82) is 0 Å². The van der Waals surface area contributed by atoms with Crippen LogP contribution in [-0.2, 0) is 4.43 Å². The lowest BCUT2D eigenvalue weighted by Crippen LogP contribution is -2.41. The molecule has 0 radical (unpaired) electrons. The van der Waals surface area contributed by atoms with E-state index in [1.807, 2.05) is 0 Å². The van der Waals surface area contributed by atoms with Crippen molar-refractivity contribution in [2.24, 2.45) is 5.92 Å². The van der Waals surface area contributed by atoms with E-state index >= 15 is 0 Å². The number of anilines is 1. The Morgan fingerprint density at radius 3 is 2.67 bits per heavy atom. The van der Waals surface area contributed by atoms with Crippen LogP contribution in [0.4, 0.5) is 5.69 Å². The molecule has 4 nitrogen and oxygen atoms in total. The van der Waals surface area contributed by atoms with Gasteiger partial charge in [-0.2, -0.15) is 0 Å². The van der Waals surface area contributed by atoms with Crippen LogP contribution in [0.3, 0.4) is 0 Å². The fraction of sp³-hybridized carbons (Fsp3) is 0.667. The number of hydrogen-bond acceptors (Lipinski definition) is 4. The minimum Gasteiger partial charge on any atom is -0.417 e. The first kappa shape index (κ1) is 19.4. The minimum atomic E-state index is -1.69. The average molecular weight is 369 g/mol. The number of ketones is 1. The van der Waals surface area contributed by atoms with E-state index < -0.39 is 8.32 Å². The monoisotopic (exact) mass is 368 g/mol. The Morgan fingerprint density at radius 1 is 1.42 bits per heavy atom. The van der Waals surface area contributed by atoms with Crippen molar-refractivity contribution in [2.75, 3.05) is 18.5 Å². The van der Waals surface area contributed by atoms with Crippen LogP contribution < -0.4 is 5.32 Å². The summed E-state index contributed by atoms with van der Waals surface area (Å²) in [6.07, 6.45) is 4.46. The van der Waals surface area contributed by atoms with Crippen molar-refractivity contribution in [2.45, 2.75) is 58.2 Å². The third kappa shape index (κ3) is 5.04. The lowest BCUT2D eigenvalue weighted by molar-refractivity contribution is 0.0968. The second-order valence-corrected chi connectivity index (χ2v) is 13.3. The molecule has 0 aliphatic heterocycles. The van der Waals surface area contributed by atoms with E-state index in [4.69, 9.17) is 16.0 Å². The van der Waals surface area contributed by atoms with Crippen LogP contribution in [0.25, 0.3) is 0 Å². The Morgan fingerprint density at radius 2 is 2.08 bits per heavy atom. The van der Waals surface area contributed by atoms with Gasteiger partial charge in [0.05, 0.1) is 5.56 Å². The first-order valence-corrected chi connectivity index (χ1v) is 12.0. The highest BCUT2D eigenvalue weighted by Crippen LogP contribution is 2.37. The van der Waals surface area contributed by atoms with Gasteiger partial charge in [0, 0.05) is 31.0 Å². The van der Waals surface area contributed by atoms with E-state index in [-0.39, 0.29) is 16.7 Å². The fourth-order valence-electron chi connectivity index (χ4n) is 2.18. The lowest BCUT2D eigenvalue weighted by Gasteiger charge is -2.36. The molecule has 0 bridgehead atoms. The minimum absolute atomic E-state index is 0.176. The molecule has 1 aromatic rings. The van der Waals surface area contributed by atoms with Gasteiger partial charge in [-0.3, -0.25) is 4.79 Å². The second kappa shape index (κ2) is 7.54. The maximum atomic E-state index is 12.3. The molecule has 0 unspecified atom stereocenters. The summed E-state index contributed by atoms with van der Waals surface area (Å²) >= 11 is 5.99. The molecule has 2 rings (SSSR count). The van der Waals surface area contributed by atoms with E-state index in [2.05, 4.69) is 44.2 Å². The maximum Gasteiger partial charge on any atom is 0.191 e. The molecule has 1 aromatic heterocycles. The van der Waals surface area contributed by atoms with Crippen molar-refractivity contribution < 1.29 is 9.22 Å². The highest BCUT2D eigenvalue weighted by Gasteiger charge is 2.36. The van der Waals surface area contributed by atoms with E-state index in [9.17, 15) is 4.79 Å². The van der Waals surface area contributed by atoms with Crippen LogP contribution in [0.2, 0.25) is 23.3 Å². The molecule has 1 fully saturated rings. The molecule has 134 valence electrons. The number of carbonyl (C=O) groups excluding carboxylic acids is 1. The number of nitrogens with one attached hydrogen (secondary N) is 1. The summed E-state index contributed by atoms with van der Waals surface area (Å²) in [6, 6.07) is 1.74. The first-order valence-electron chi connectivity index (χ1n) is 8.69. The van der Waals surface area contributed by atoms with Crippen molar-refractivity contribution in [1.82, 2.24) is 4.98 Å². The number of hydrogen-bond donors (Lipinski definition) is 1. The van der Waals surface area contributed by atoms with E-state index in [0.717, 1.165) is 38.1 Å². The SMILES string of the molecule is CC(C)(C)[Si](C)(C)OCCCNc1cc(Cl)ncc1C(=O)C1CC1. The van der Waals surface area contributed by atoms with Gasteiger partial charge in [-0.25, -0.2) is 4.98 Å². The number of carbonyl (C=O) groups is 1. The first-order chi connectivity index (χ1) is 11.1. The Bertz CT molecular complexity index is 595. The van der Waals surface area contributed by atoms with Gasteiger partial charge in [-0.05, 0) is 43.5 Å². The van der Waals surface area contributed by atoms with Gasteiger partial charge in [-0.1, -0.05) is 32.4 Å². The van der Waals surface area contributed by atoms with E-state index in [1.54, 1.807) is 12.3 Å². The normalized spacial score (nSPS) is 15.4. The largest absolute Gasteiger partial charge is 0.417 e. The summed E-state index contributed by atoms with van der Waals surface area (Å²) in [7, 11) is -1.69. The highest BCUT2D eigenvalue weighted by molar-refractivity contribution is 6.74. The van der Waals surface area contributed by atoms with E-state index in [0.29, 0.717) is 10.7 Å². The summed E-state index contributed by atoms with van der Waals surface area (Å²) in [4.78, 5) is 16.4. The summed E-state index contributed by atoms with van der Waals surface area (Å²) in [5.74, 6) is 0.356. The Labute approximate surface area is 151 Å². The van der Waals surface area contributed by atoms with Crippen molar-refractivity contribution in [3.63, 3.8) is 0 Å².